The molecule has 0 N–H and O–H groups in total. The van der Waals surface area contributed by atoms with E-state index in [1.54, 1.807) is 4.31 Å². The molecule has 1 fully saturated rings. The minimum absolute atomic E-state index is 0.0643. The average molecular weight is 302 g/mol. The predicted molar refractivity (Wildman–Crippen MR) is 78.6 cm³/mol. The number of nitrogens with zero attached hydrogens (tertiary/aromatic N) is 1. The van der Waals surface area contributed by atoms with Crippen LogP contribution in [0.5, 0.6) is 0 Å². The van der Waals surface area contributed by atoms with Crippen molar-refractivity contribution in [3.05, 3.63) is 35.4 Å². The molecule has 0 spiro atoms. The Morgan fingerprint density at radius 1 is 1.32 bits per heavy atom. The largest absolute Gasteiger partial charge is 0.218 e. The highest BCUT2D eigenvalue weighted by Crippen LogP contribution is 2.27. The molecule has 3 nitrogen and oxygen atoms in total. The molecule has 0 aromatic heterocycles. The first-order valence-corrected chi connectivity index (χ1v) is 8.70. The lowest BCUT2D eigenvalue weighted by Crippen LogP contribution is -2.34. The van der Waals surface area contributed by atoms with E-state index < -0.39 is 10.0 Å². The van der Waals surface area contributed by atoms with Gasteiger partial charge in [0.2, 0.25) is 10.0 Å². The molecule has 2 rings (SSSR count). The van der Waals surface area contributed by atoms with Gasteiger partial charge in [-0.2, -0.15) is 4.31 Å². The van der Waals surface area contributed by atoms with E-state index in [1.807, 2.05) is 31.2 Å². The Kier molecular flexibility index (Phi) is 4.54. The number of benzene rings is 1. The summed E-state index contributed by atoms with van der Waals surface area (Å²) in [4.78, 5) is 0. The van der Waals surface area contributed by atoms with Gasteiger partial charge in [0.15, 0.2) is 0 Å². The predicted octanol–water partition coefficient (Wildman–Crippen LogP) is 2.99. The van der Waals surface area contributed by atoms with Gasteiger partial charge in [0.1, 0.15) is 0 Å². The van der Waals surface area contributed by atoms with E-state index in [-0.39, 0.29) is 11.8 Å². The van der Waals surface area contributed by atoms with E-state index in [4.69, 9.17) is 11.6 Å². The van der Waals surface area contributed by atoms with Gasteiger partial charge in [-0.3, -0.25) is 0 Å². The molecule has 0 radical (unpaired) electrons. The van der Waals surface area contributed by atoms with Gasteiger partial charge in [-0.05, 0) is 30.4 Å². The van der Waals surface area contributed by atoms with Gasteiger partial charge in [-0.25, -0.2) is 8.42 Å². The quantitative estimate of drug-likeness (QED) is 0.802. The van der Waals surface area contributed by atoms with Gasteiger partial charge >= 0.3 is 0 Å². The van der Waals surface area contributed by atoms with Gasteiger partial charge in [0.25, 0.3) is 0 Å². The van der Waals surface area contributed by atoms with Crippen LogP contribution >= 0.6 is 11.6 Å². The van der Waals surface area contributed by atoms with Gasteiger partial charge < -0.3 is 0 Å². The fraction of sp³-hybridized carbons (Fsp3) is 0.571. The Labute approximate surface area is 120 Å². The van der Waals surface area contributed by atoms with Crippen molar-refractivity contribution in [3.8, 4) is 0 Å². The fourth-order valence-corrected chi connectivity index (χ4v) is 4.79. The molecular weight excluding hydrogens is 282 g/mol. The van der Waals surface area contributed by atoms with Crippen molar-refractivity contribution >= 4 is 21.6 Å². The van der Waals surface area contributed by atoms with Crippen LogP contribution in [0.2, 0.25) is 0 Å². The molecule has 2 unspecified atom stereocenters. The number of rotatable bonds is 4. The topological polar surface area (TPSA) is 37.4 Å². The number of halogens is 1. The first kappa shape index (κ1) is 14.8. The second kappa shape index (κ2) is 5.81. The third kappa shape index (κ3) is 3.50. The molecular formula is C14H20ClNO2S. The molecule has 2 atom stereocenters. The maximum Gasteiger partial charge on any atom is 0.218 e. The smallest absolute Gasteiger partial charge is 0.212 e. The highest BCUT2D eigenvalue weighted by molar-refractivity contribution is 7.88. The van der Waals surface area contributed by atoms with Crippen molar-refractivity contribution in [2.24, 2.45) is 5.92 Å². The van der Waals surface area contributed by atoms with E-state index in [9.17, 15) is 8.42 Å². The van der Waals surface area contributed by atoms with E-state index in [0.717, 1.165) is 17.5 Å². The van der Waals surface area contributed by atoms with Crippen molar-refractivity contribution in [1.82, 2.24) is 4.31 Å². The first-order valence-electron chi connectivity index (χ1n) is 6.55. The van der Waals surface area contributed by atoms with Crippen LogP contribution in [0.25, 0.3) is 0 Å². The molecule has 1 aliphatic rings. The number of sulfonamides is 1. The zero-order valence-electron chi connectivity index (χ0n) is 11.3. The summed E-state index contributed by atoms with van der Waals surface area (Å²) in [5.74, 6) is 0.916. The van der Waals surface area contributed by atoms with Crippen molar-refractivity contribution in [1.29, 1.82) is 0 Å². The summed E-state index contributed by atoms with van der Waals surface area (Å²) in [6.45, 7) is 4.72. The molecule has 19 heavy (non-hydrogen) atoms. The van der Waals surface area contributed by atoms with E-state index >= 15 is 0 Å². The third-order valence-corrected chi connectivity index (χ3v) is 5.81. The van der Waals surface area contributed by atoms with E-state index in [0.29, 0.717) is 18.3 Å². The monoisotopic (exact) mass is 301 g/mol. The normalized spacial score (nSPS) is 24.8. The van der Waals surface area contributed by atoms with Crippen molar-refractivity contribution < 1.29 is 8.42 Å². The van der Waals surface area contributed by atoms with Gasteiger partial charge in [0, 0.05) is 18.5 Å². The molecule has 1 heterocycles. The molecule has 106 valence electrons. The second-order valence-electron chi connectivity index (χ2n) is 5.47. The van der Waals surface area contributed by atoms with Crippen LogP contribution in [0.4, 0.5) is 0 Å². The molecule has 1 aromatic rings. The molecule has 1 saturated heterocycles. The summed E-state index contributed by atoms with van der Waals surface area (Å²) in [7, 11) is -3.23. The lowest BCUT2D eigenvalue weighted by Gasteiger charge is -2.21. The Hall–Kier alpha value is -0.580. The summed E-state index contributed by atoms with van der Waals surface area (Å²) >= 11 is 5.78. The lowest BCUT2D eigenvalue weighted by atomic mass is 10.1. The highest BCUT2D eigenvalue weighted by atomic mass is 35.5. The van der Waals surface area contributed by atoms with Crippen LogP contribution in [0.3, 0.4) is 0 Å². The van der Waals surface area contributed by atoms with Crippen molar-refractivity contribution in [2.75, 3.05) is 6.54 Å². The Balaban J connectivity index is 2.17. The van der Waals surface area contributed by atoms with Gasteiger partial charge in [0.05, 0.1) is 5.75 Å². The average Bonchev–Trinajstić information content (AvgIpc) is 2.69. The van der Waals surface area contributed by atoms with Crippen molar-refractivity contribution in [3.63, 3.8) is 0 Å². The number of hydrogen-bond donors (Lipinski definition) is 0. The van der Waals surface area contributed by atoms with Crippen LogP contribution in [-0.2, 0) is 21.7 Å². The maximum atomic E-state index is 12.5. The molecule has 0 bridgehead atoms. The minimum Gasteiger partial charge on any atom is -0.212 e. The standard InChI is InChI=1S/C14H20ClNO2S/c1-11-6-12(2)16(9-11)19(17,18)10-14-5-3-4-13(7-14)8-15/h3-5,7,11-12H,6,8-10H2,1-2H3. The van der Waals surface area contributed by atoms with Gasteiger partial charge in [-0.1, -0.05) is 31.2 Å². The van der Waals surface area contributed by atoms with E-state index in [2.05, 4.69) is 6.92 Å². The third-order valence-electron chi connectivity index (χ3n) is 3.58. The summed E-state index contributed by atoms with van der Waals surface area (Å²) < 4.78 is 26.5. The minimum atomic E-state index is -3.23. The van der Waals surface area contributed by atoms with Gasteiger partial charge in [-0.15, -0.1) is 11.6 Å². The van der Waals surface area contributed by atoms with Crippen LogP contribution < -0.4 is 0 Å². The molecule has 1 aromatic carbocycles. The molecule has 1 aliphatic heterocycles. The summed E-state index contributed by atoms with van der Waals surface area (Å²) in [6.07, 6.45) is 0.945. The maximum absolute atomic E-state index is 12.5. The van der Waals surface area contributed by atoms with Crippen LogP contribution in [-0.4, -0.2) is 25.3 Å². The zero-order chi connectivity index (χ0) is 14.0. The van der Waals surface area contributed by atoms with Crippen LogP contribution in [0.15, 0.2) is 24.3 Å². The Morgan fingerprint density at radius 3 is 2.58 bits per heavy atom. The second-order valence-corrected chi connectivity index (χ2v) is 7.66. The highest BCUT2D eigenvalue weighted by Gasteiger charge is 2.34. The molecule has 0 amide bonds. The molecule has 0 aliphatic carbocycles. The van der Waals surface area contributed by atoms with Crippen LogP contribution in [0, 0.1) is 5.92 Å². The summed E-state index contributed by atoms with van der Waals surface area (Å²) in [5, 5.41) is 0. The first-order chi connectivity index (χ1) is 8.92. The molecule has 0 saturated carbocycles. The summed E-state index contributed by atoms with van der Waals surface area (Å²) in [5.41, 5.74) is 1.77. The fourth-order valence-electron chi connectivity index (χ4n) is 2.75. The lowest BCUT2D eigenvalue weighted by molar-refractivity contribution is 0.405. The van der Waals surface area contributed by atoms with E-state index in [1.165, 1.54) is 0 Å². The Bertz CT molecular complexity index is 544. The summed E-state index contributed by atoms with van der Waals surface area (Å²) in [6, 6.07) is 7.59. The SMILES string of the molecule is CC1CC(C)N(S(=O)(=O)Cc2cccc(CCl)c2)C1. The number of alkyl halides is 1. The Morgan fingerprint density at radius 2 is 2.00 bits per heavy atom. The zero-order valence-corrected chi connectivity index (χ0v) is 12.9. The van der Waals surface area contributed by atoms with Crippen LogP contribution in [0.1, 0.15) is 31.4 Å². The number of hydrogen-bond acceptors (Lipinski definition) is 2. The molecule has 5 heteroatoms. The van der Waals surface area contributed by atoms with Crippen molar-refractivity contribution in [2.45, 2.75) is 37.9 Å².